The van der Waals surface area contributed by atoms with Crippen molar-refractivity contribution in [2.45, 2.75) is 6.42 Å². The largest absolute Gasteiger partial charge is 0.361 e. The molecule has 1 fully saturated rings. The van der Waals surface area contributed by atoms with Crippen molar-refractivity contribution in [3.8, 4) is 0 Å². The van der Waals surface area contributed by atoms with Crippen LogP contribution in [-0.4, -0.2) is 24.0 Å². The monoisotopic (exact) mass is 255 g/mol. The van der Waals surface area contributed by atoms with E-state index >= 15 is 0 Å². The first-order chi connectivity index (χ1) is 9.28. The number of carbonyl (C=O) groups excluding carboxylic acids is 1. The van der Waals surface area contributed by atoms with Crippen LogP contribution in [0.1, 0.15) is 6.42 Å². The predicted octanol–water partition coefficient (Wildman–Crippen LogP) is 2.83. The molecule has 1 unspecified atom stereocenters. The molecule has 6 heteroatoms. The van der Waals surface area contributed by atoms with E-state index in [1.165, 1.54) is 0 Å². The Hall–Kier alpha value is -2.46. The lowest BCUT2D eigenvalue weighted by atomic mass is 10.1. The number of benzene rings is 1. The third-order valence-corrected chi connectivity index (χ3v) is 3.46. The van der Waals surface area contributed by atoms with Crippen molar-refractivity contribution in [3.05, 3.63) is 40.9 Å². The van der Waals surface area contributed by atoms with Gasteiger partial charge >= 0.3 is 0 Å². The van der Waals surface area contributed by atoms with Gasteiger partial charge < -0.3 is 9.88 Å². The summed E-state index contributed by atoms with van der Waals surface area (Å²) < 4.78 is 0. The quantitative estimate of drug-likeness (QED) is 0.510. The molecule has 1 N–H and O–H groups in total. The van der Waals surface area contributed by atoms with Gasteiger partial charge in [-0.2, -0.15) is 0 Å². The molecular formula is C13H13N5O. The van der Waals surface area contributed by atoms with Crippen molar-refractivity contribution in [2.75, 3.05) is 18.0 Å². The molecule has 2 heterocycles. The van der Waals surface area contributed by atoms with Crippen LogP contribution in [0, 0.1) is 5.92 Å². The lowest BCUT2D eigenvalue weighted by molar-refractivity contribution is -0.117. The van der Waals surface area contributed by atoms with Gasteiger partial charge in [0.2, 0.25) is 5.91 Å². The van der Waals surface area contributed by atoms with Crippen molar-refractivity contribution < 1.29 is 4.79 Å². The van der Waals surface area contributed by atoms with Gasteiger partial charge in [-0.05, 0) is 35.7 Å². The number of rotatable bonds is 3. The highest BCUT2D eigenvalue weighted by molar-refractivity contribution is 5.97. The molecule has 96 valence electrons. The number of amides is 1. The maximum Gasteiger partial charge on any atom is 0.227 e. The van der Waals surface area contributed by atoms with Gasteiger partial charge in [0.25, 0.3) is 0 Å². The Bertz CT molecular complexity index is 670. The molecule has 1 aliphatic heterocycles. The van der Waals surface area contributed by atoms with Gasteiger partial charge in [0, 0.05) is 47.2 Å². The predicted molar refractivity (Wildman–Crippen MR) is 72.8 cm³/mol. The number of hydrogen-bond donors (Lipinski definition) is 1. The lowest BCUT2D eigenvalue weighted by Crippen LogP contribution is -2.24. The molecule has 1 atom stereocenters. The topological polar surface area (TPSA) is 84.9 Å². The molecule has 0 saturated carbocycles. The van der Waals surface area contributed by atoms with Crippen LogP contribution < -0.4 is 4.90 Å². The fourth-order valence-electron chi connectivity index (χ4n) is 2.51. The molecule has 1 aliphatic rings. The average Bonchev–Trinajstić information content (AvgIpc) is 3.01. The first kappa shape index (κ1) is 11.6. The van der Waals surface area contributed by atoms with Gasteiger partial charge in [-0.1, -0.05) is 5.11 Å². The zero-order valence-corrected chi connectivity index (χ0v) is 10.3. The molecule has 1 aromatic carbocycles. The second kappa shape index (κ2) is 4.66. The van der Waals surface area contributed by atoms with Crippen molar-refractivity contribution in [1.29, 1.82) is 0 Å². The number of H-pyrrole nitrogens is 1. The van der Waals surface area contributed by atoms with Crippen LogP contribution in [0.2, 0.25) is 0 Å². The van der Waals surface area contributed by atoms with Gasteiger partial charge in [-0.25, -0.2) is 0 Å². The molecule has 1 aromatic heterocycles. The minimum atomic E-state index is 0.0908. The molecule has 1 amide bonds. The summed E-state index contributed by atoms with van der Waals surface area (Å²) in [7, 11) is 0. The maximum atomic E-state index is 12.0. The first-order valence-corrected chi connectivity index (χ1v) is 6.16. The standard InChI is InChI=1S/C13H13N5O/c14-17-16-7-9-5-13(19)18(8-9)11-1-2-12-10(6-11)3-4-15-12/h1-4,6,9,15H,5,7-8H2. The highest BCUT2D eigenvalue weighted by Crippen LogP contribution is 2.27. The van der Waals surface area contributed by atoms with E-state index < -0.39 is 0 Å². The van der Waals surface area contributed by atoms with E-state index in [0.29, 0.717) is 19.5 Å². The van der Waals surface area contributed by atoms with Crippen molar-refractivity contribution in [1.82, 2.24) is 4.98 Å². The maximum absolute atomic E-state index is 12.0. The van der Waals surface area contributed by atoms with E-state index in [2.05, 4.69) is 15.0 Å². The molecule has 1 saturated heterocycles. The zero-order chi connectivity index (χ0) is 13.2. The van der Waals surface area contributed by atoms with Gasteiger partial charge in [0.15, 0.2) is 0 Å². The zero-order valence-electron chi connectivity index (χ0n) is 10.3. The van der Waals surface area contributed by atoms with Crippen LogP contribution >= 0.6 is 0 Å². The summed E-state index contributed by atoms with van der Waals surface area (Å²) in [6.07, 6.45) is 2.33. The number of aromatic nitrogens is 1. The van der Waals surface area contributed by atoms with Crippen molar-refractivity contribution in [3.63, 3.8) is 0 Å². The molecular weight excluding hydrogens is 242 g/mol. The molecule has 2 aromatic rings. The number of aromatic amines is 1. The number of nitrogens with zero attached hydrogens (tertiary/aromatic N) is 4. The fourth-order valence-corrected chi connectivity index (χ4v) is 2.51. The van der Waals surface area contributed by atoms with Crippen LogP contribution in [0.25, 0.3) is 21.3 Å². The van der Waals surface area contributed by atoms with Crippen LogP contribution in [0.3, 0.4) is 0 Å². The van der Waals surface area contributed by atoms with Gasteiger partial charge in [0.05, 0.1) is 0 Å². The average molecular weight is 255 g/mol. The van der Waals surface area contributed by atoms with E-state index in [1.807, 2.05) is 30.5 Å². The highest BCUT2D eigenvalue weighted by atomic mass is 16.2. The molecule has 3 rings (SSSR count). The van der Waals surface area contributed by atoms with Crippen LogP contribution in [0.5, 0.6) is 0 Å². The van der Waals surface area contributed by atoms with Gasteiger partial charge in [-0.15, -0.1) is 0 Å². The number of anilines is 1. The number of fused-ring (bicyclic) bond motifs is 1. The van der Waals surface area contributed by atoms with E-state index in [1.54, 1.807) is 4.90 Å². The number of nitrogens with one attached hydrogen (secondary N) is 1. The number of hydrogen-bond acceptors (Lipinski definition) is 2. The van der Waals surface area contributed by atoms with Crippen LogP contribution in [-0.2, 0) is 4.79 Å². The van der Waals surface area contributed by atoms with Gasteiger partial charge in [0.1, 0.15) is 0 Å². The highest BCUT2D eigenvalue weighted by Gasteiger charge is 2.30. The Balaban J connectivity index is 1.85. The summed E-state index contributed by atoms with van der Waals surface area (Å²) in [6, 6.07) is 7.89. The molecule has 0 radical (unpaired) electrons. The SMILES string of the molecule is [N-]=[N+]=NCC1CC(=O)N(c2ccc3[nH]ccc3c2)C1. The fraction of sp³-hybridized carbons (Fsp3) is 0.308. The summed E-state index contributed by atoms with van der Waals surface area (Å²) in [4.78, 5) is 19.6. The smallest absolute Gasteiger partial charge is 0.227 e. The van der Waals surface area contributed by atoms with E-state index in [4.69, 9.17) is 5.53 Å². The Morgan fingerprint density at radius 1 is 1.47 bits per heavy atom. The minimum Gasteiger partial charge on any atom is -0.361 e. The Morgan fingerprint density at radius 3 is 3.21 bits per heavy atom. The first-order valence-electron chi connectivity index (χ1n) is 6.16. The van der Waals surface area contributed by atoms with E-state index in [0.717, 1.165) is 16.6 Å². The van der Waals surface area contributed by atoms with Crippen molar-refractivity contribution >= 4 is 22.5 Å². The Labute approximate surface area is 109 Å². The van der Waals surface area contributed by atoms with E-state index in [9.17, 15) is 4.79 Å². The summed E-state index contributed by atoms with van der Waals surface area (Å²) in [5.41, 5.74) is 10.3. The second-order valence-corrected chi connectivity index (χ2v) is 4.74. The summed E-state index contributed by atoms with van der Waals surface area (Å²) in [5, 5.41) is 4.64. The molecule has 0 spiro atoms. The minimum absolute atomic E-state index is 0.0908. The normalized spacial score (nSPS) is 18.8. The summed E-state index contributed by atoms with van der Waals surface area (Å²) >= 11 is 0. The third kappa shape index (κ3) is 2.13. The third-order valence-electron chi connectivity index (χ3n) is 3.46. The van der Waals surface area contributed by atoms with Crippen LogP contribution in [0.15, 0.2) is 35.6 Å². The molecule has 0 aliphatic carbocycles. The Morgan fingerprint density at radius 2 is 2.37 bits per heavy atom. The molecule has 6 nitrogen and oxygen atoms in total. The summed E-state index contributed by atoms with van der Waals surface area (Å²) in [6.45, 7) is 0.999. The second-order valence-electron chi connectivity index (χ2n) is 4.74. The van der Waals surface area contributed by atoms with Crippen LogP contribution in [0.4, 0.5) is 5.69 Å². The number of azide groups is 1. The Kier molecular flexibility index (Phi) is 2.85. The lowest BCUT2D eigenvalue weighted by Gasteiger charge is -2.16. The van der Waals surface area contributed by atoms with Crippen molar-refractivity contribution in [2.24, 2.45) is 11.0 Å². The molecule has 0 bridgehead atoms. The van der Waals surface area contributed by atoms with Gasteiger partial charge in [-0.3, -0.25) is 4.79 Å². The van der Waals surface area contributed by atoms with E-state index in [-0.39, 0.29) is 11.8 Å². The number of carbonyl (C=O) groups is 1. The summed E-state index contributed by atoms with van der Waals surface area (Å²) in [5.74, 6) is 0.207. The molecule has 19 heavy (non-hydrogen) atoms.